The van der Waals surface area contributed by atoms with E-state index in [-0.39, 0.29) is 5.82 Å². The fourth-order valence-electron chi connectivity index (χ4n) is 1.99. The summed E-state index contributed by atoms with van der Waals surface area (Å²) in [5.41, 5.74) is -0.133. The van der Waals surface area contributed by atoms with Crippen LogP contribution in [0.1, 0.15) is 23.2 Å². The van der Waals surface area contributed by atoms with Crippen LogP contribution in [0.25, 0.3) is 0 Å². The van der Waals surface area contributed by atoms with Crippen LogP contribution in [0.15, 0.2) is 34.6 Å². The molecule has 0 amide bonds. The monoisotopic (exact) mass is 374 g/mol. The number of aliphatic imine (C=N–C) groups is 1. The van der Waals surface area contributed by atoms with Gasteiger partial charge in [-0.05, 0) is 24.6 Å². The van der Waals surface area contributed by atoms with Crippen LogP contribution in [0.3, 0.4) is 0 Å². The Kier molecular flexibility index (Phi) is 6.74. The third-order valence-corrected chi connectivity index (χ3v) is 4.04. The maximum Gasteiger partial charge on any atom is 0.434 e. The van der Waals surface area contributed by atoms with Crippen molar-refractivity contribution in [1.29, 1.82) is 0 Å². The zero-order valence-electron chi connectivity index (χ0n) is 13.5. The molecule has 0 spiro atoms. The fraction of sp³-hybridized carbons (Fsp3) is 0.375. The number of halogens is 4. The number of alkyl halides is 3. The standard InChI is InChI=1S/C16H18F4N4S/c1-2-21-15(23-9-11-4-3-5-12(17)8-11)22-7-6-14-24-13(10-25-14)16(18,19)20/h3-5,8,10H,2,6-7,9H2,1H3,(H2,21,22,23). The van der Waals surface area contributed by atoms with Gasteiger partial charge in [0.2, 0.25) is 0 Å². The van der Waals surface area contributed by atoms with Crippen molar-refractivity contribution in [2.75, 3.05) is 13.1 Å². The third kappa shape index (κ3) is 6.33. The first kappa shape index (κ1) is 19.2. The average Bonchev–Trinajstić information content (AvgIpc) is 3.02. The average molecular weight is 374 g/mol. The van der Waals surface area contributed by atoms with E-state index in [4.69, 9.17) is 0 Å². The highest BCUT2D eigenvalue weighted by atomic mass is 32.1. The van der Waals surface area contributed by atoms with Gasteiger partial charge >= 0.3 is 6.18 Å². The Morgan fingerprint density at radius 2 is 2.08 bits per heavy atom. The number of benzene rings is 1. The molecule has 9 heteroatoms. The highest BCUT2D eigenvalue weighted by molar-refractivity contribution is 7.09. The molecule has 25 heavy (non-hydrogen) atoms. The molecule has 0 saturated heterocycles. The second kappa shape index (κ2) is 8.80. The van der Waals surface area contributed by atoms with E-state index in [0.717, 1.165) is 22.3 Å². The summed E-state index contributed by atoms with van der Waals surface area (Å²) in [5, 5.41) is 7.48. The van der Waals surface area contributed by atoms with Gasteiger partial charge < -0.3 is 10.6 Å². The van der Waals surface area contributed by atoms with Gasteiger partial charge in [-0.3, -0.25) is 0 Å². The number of rotatable bonds is 6. The van der Waals surface area contributed by atoms with Gasteiger partial charge in [0.1, 0.15) is 5.82 Å². The number of nitrogens with one attached hydrogen (secondary N) is 2. The van der Waals surface area contributed by atoms with Gasteiger partial charge in [0.25, 0.3) is 0 Å². The Balaban J connectivity index is 1.88. The Labute approximate surface area is 147 Å². The van der Waals surface area contributed by atoms with Crippen LogP contribution >= 0.6 is 11.3 Å². The van der Waals surface area contributed by atoms with E-state index in [9.17, 15) is 17.6 Å². The first-order valence-corrected chi connectivity index (χ1v) is 8.54. The molecule has 0 unspecified atom stereocenters. The number of guanidine groups is 1. The topological polar surface area (TPSA) is 49.3 Å². The Bertz CT molecular complexity index is 712. The molecule has 0 saturated carbocycles. The number of aromatic nitrogens is 1. The van der Waals surface area contributed by atoms with Crippen LogP contribution in [0.2, 0.25) is 0 Å². The van der Waals surface area contributed by atoms with E-state index in [0.29, 0.717) is 37.0 Å². The van der Waals surface area contributed by atoms with Crippen LogP contribution < -0.4 is 10.6 Å². The van der Waals surface area contributed by atoms with E-state index in [1.807, 2.05) is 6.92 Å². The lowest BCUT2D eigenvalue weighted by atomic mass is 10.2. The quantitative estimate of drug-likeness (QED) is 0.461. The molecule has 0 atom stereocenters. The minimum atomic E-state index is -4.41. The van der Waals surface area contributed by atoms with Crippen molar-refractivity contribution in [2.45, 2.75) is 26.1 Å². The number of nitrogens with zero attached hydrogens (tertiary/aromatic N) is 2. The maximum absolute atomic E-state index is 13.2. The lowest BCUT2D eigenvalue weighted by molar-refractivity contribution is -0.140. The highest BCUT2D eigenvalue weighted by Gasteiger charge is 2.33. The minimum Gasteiger partial charge on any atom is -0.357 e. The van der Waals surface area contributed by atoms with E-state index in [2.05, 4.69) is 20.6 Å². The van der Waals surface area contributed by atoms with Gasteiger partial charge in [-0.25, -0.2) is 14.4 Å². The highest BCUT2D eigenvalue weighted by Crippen LogP contribution is 2.29. The second-order valence-corrected chi connectivity index (χ2v) is 6.07. The van der Waals surface area contributed by atoms with Gasteiger partial charge in [0, 0.05) is 24.9 Å². The predicted octanol–water partition coefficient (Wildman–Crippen LogP) is 3.60. The summed E-state index contributed by atoms with van der Waals surface area (Å²) in [6.07, 6.45) is -4.06. The lowest BCUT2D eigenvalue weighted by Gasteiger charge is -2.10. The zero-order chi connectivity index (χ0) is 18.3. The molecule has 2 rings (SSSR count). The molecule has 1 heterocycles. The minimum absolute atomic E-state index is 0.294. The molecule has 1 aromatic carbocycles. The van der Waals surface area contributed by atoms with Gasteiger partial charge in [0.15, 0.2) is 11.7 Å². The van der Waals surface area contributed by atoms with E-state index >= 15 is 0 Å². The molecule has 4 nitrogen and oxygen atoms in total. The van der Waals surface area contributed by atoms with Crippen LogP contribution in [0, 0.1) is 5.82 Å². The smallest absolute Gasteiger partial charge is 0.357 e. The van der Waals surface area contributed by atoms with Gasteiger partial charge in [-0.15, -0.1) is 11.3 Å². The molecule has 136 valence electrons. The molecule has 2 N–H and O–H groups in total. The molecule has 0 radical (unpaired) electrons. The summed E-state index contributed by atoms with van der Waals surface area (Å²) in [6, 6.07) is 6.15. The summed E-state index contributed by atoms with van der Waals surface area (Å²) in [6.45, 7) is 3.21. The van der Waals surface area contributed by atoms with Crippen LogP contribution in [-0.2, 0) is 19.1 Å². The second-order valence-electron chi connectivity index (χ2n) is 5.13. The molecule has 1 aromatic heterocycles. The Hall–Kier alpha value is -2.16. The summed E-state index contributed by atoms with van der Waals surface area (Å²) in [5.74, 6) is 0.189. The number of hydrogen-bond acceptors (Lipinski definition) is 3. The van der Waals surface area contributed by atoms with Crippen molar-refractivity contribution in [3.05, 3.63) is 51.7 Å². The lowest BCUT2D eigenvalue weighted by Crippen LogP contribution is -2.38. The summed E-state index contributed by atoms with van der Waals surface area (Å²) >= 11 is 0.980. The zero-order valence-corrected chi connectivity index (χ0v) is 14.3. The van der Waals surface area contributed by atoms with Crippen LogP contribution in [0.4, 0.5) is 17.6 Å². The predicted molar refractivity (Wildman–Crippen MR) is 90.0 cm³/mol. The van der Waals surface area contributed by atoms with Crippen molar-refractivity contribution in [1.82, 2.24) is 15.6 Å². The third-order valence-electron chi connectivity index (χ3n) is 3.13. The van der Waals surface area contributed by atoms with E-state index < -0.39 is 11.9 Å². The molecular formula is C16H18F4N4S. The maximum atomic E-state index is 13.2. The van der Waals surface area contributed by atoms with Gasteiger partial charge in [-0.2, -0.15) is 13.2 Å². The molecule has 0 aliphatic heterocycles. The summed E-state index contributed by atoms with van der Waals surface area (Å²) in [7, 11) is 0. The first-order chi connectivity index (χ1) is 11.9. The SMILES string of the molecule is CCNC(=NCc1cccc(F)c1)NCCc1nc(C(F)(F)F)cs1. The van der Waals surface area contributed by atoms with Gasteiger partial charge in [0.05, 0.1) is 11.6 Å². The van der Waals surface area contributed by atoms with Crippen molar-refractivity contribution in [2.24, 2.45) is 4.99 Å². The molecule has 0 aliphatic carbocycles. The molecule has 2 aromatic rings. The van der Waals surface area contributed by atoms with E-state index in [1.54, 1.807) is 12.1 Å². The summed E-state index contributed by atoms with van der Waals surface area (Å²) < 4.78 is 50.7. The molecular weight excluding hydrogens is 356 g/mol. The van der Waals surface area contributed by atoms with Gasteiger partial charge in [-0.1, -0.05) is 12.1 Å². The van der Waals surface area contributed by atoms with Crippen LogP contribution in [-0.4, -0.2) is 24.0 Å². The number of hydrogen-bond donors (Lipinski definition) is 2. The fourth-order valence-corrected chi connectivity index (χ4v) is 2.80. The van der Waals surface area contributed by atoms with Crippen LogP contribution in [0.5, 0.6) is 0 Å². The van der Waals surface area contributed by atoms with Crippen molar-refractivity contribution in [3.63, 3.8) is 0 Å². The van der Waals surface area contributed by atoms with E-state index in [1.165, 1.54) is 12.1 Å². The molecule has 0 fully saturated rings. The Morgan fingerprint density at radius 3 is 2.72 bits per heavy atom. The number of thiazole rings is 1. The van der Waals surface area contributed by atoms with Crippen molar-refractivity contribution in [3.8, 4) is 0 Å². The van der Waals surface area contributed by atoms with Crippen molar-refractivity contribution >= 4 is 17.3 Å². The first-order valence-electron chi connectivity index (χ1n) is 7.66. The summed E-state index contributed by atoms with van der Waals surface area (Å²) in [4.78, 5) is 7.91. The molecule has 0 bridgehead atoms. The van der Waals surface area contributed by atoms with Crippen molar-refractivity contribution < 1.29 is 17.6 Å². The largest absolute Gasteiger partial charge is 0.434 e. The molecule has 0 aliphatic rings. The normalized spacial score (nSPS) is 12.3. The Morgan fingerprint density at radius 1 is 1.28 bits per heavy atom.